The molecular weight excluding hydrogens is 299 g/mol. The lowest BCUT2D eigenvalue weighted by molar-refractivity contribution is -0.119. The van der Waals surface area contributed by atoms with Crippen molar-refractivity contribution in [1.82, 2.24) is 0 Å². The first kappa shape index (κ1) is 16.2. The van der Waals surface area contributed by atoms with E-state index in [1.165, 1.54) is 12.1 Å². The fourth-order valence-electron chi connectivity index (χ4n) is 1.81. The molecule has 0 aliphatic rings. The maximum Gasteiger partial charge on any atom is 0.338 e. The predicted octanol–water partition coefficient (Wildman–Crippen LogP) is 2.80. The van der Waals surface area contributed by atoms with Gasteiger partial charge in [-0.25, -0.2) is 9.18 Å². The van der Waals surface area contributed by atoms with Crippen molar-refractivity contribution >= 4 is 17.6 Å². The maximum atomic E-state index is 13.4. The minimum Gasteiger partial charge on any atom is -0.452 e. The molecule has 0 unspecified atom stereocenters. The SMILES string of the molecule is Cc1ccc(C(=O)OCC(=O)Nc2ccccc2C#N)cc1F. The summed E-state index contributed by atoms with van der Waals surface area (Å²) in [5.41, 5.74) is 1.07. The third-order valence-electron chi connectivity index (χ3n) is 3.06. The van der Waals surface area contributed by atoms with Crippen LogP contribution >= 0.6 is 0 Å². The molecular formula is C17H13FN2O3. The van der Waals surface area contributed by atoms with E-state index in [4.69, 9.17) is 10.00 Å². The van der Waals surface area contributed by atoms with Crippen molar-refractivity contribution in [3.63, 3.8) is 0 Å². The Morgan fingerprint density at radius 3 is 2.70 bits per heavy atom. The van der Waals surface area contributed by atoms with Crippen LogP contribution in [0, 0.1) is 24.1 Å². The van der Waals surface area contributed by atoms with Crippen LogP contribution in [0.3, 0.4) is 0 Å². The Bertz CT molecular complexity index is 797. The minimum atomic E-state index is -0.799. The van der Waals surface area contributed by atoms with Gasteiger partial charge in [0.15, 0.2) is 6.61 Å². The lowest BCUT2D eigenvalue weighted by atomic mass is 10.1. The first-order valence-corrected chi connectivity index (χ1v) is 6.73. The number of carbonyl (C=O) groups excluding carboxylic acids is 2. The molecule has 0 fully saturated rings. The predicted molar refractivity (Wildman–Crippen MR) is 81.2 cm³/mol. The number of anilines is 1. The van der Waals surface area contributed by atoms with E-state index in [9.17, 15) is 14.0 Å². The second kappa shape index (κ2) is 7.18. The number of aryl methyl sites for hydroxylation is 1. The number of hydrogen-bond donors (Lipinski definition) is 1. The van der Waals surface area contributed by atoms with Crippen LogP contribution in [0.25, 0.3) is 0 Å². The molecule has 0 heterocycles. The van der Waals surface area contributed by atoms with Crippen molar-refractivity contribution in [2.75, 3.05) is 11.9 Å². The highest BCUT2D eigenvalue weighted by atomic mass is 19.1. The van der Waals surface area contributed by atoms with E-state index < -0.39 is 24.3 Å². The summed E-state index contributed by atoms with van der Waals surface area (Å²) < 4.78 is 18.2. The van der Waals surface area contributed by atoms with Gasteiger partial charge < -0.3 is 10.1 Å². The quantitative estimate of drug-likeness (QED) is 0.880. The van der Waals surface area contributed by atoms with E-state index in [2.05, 4.69) is 5.32 Å². The molecule has 5 nitrogen and oxygen atoms in total. The standard InChI is InChI=1S/C17H13FN2O3/c1-11-6-7-12(8-14(11)18)17(22)23-10-16(21)20-15-5-3-2-4-13(15)9-19/h2-8H,10H2,1H3,(H,20,21). The van der Waals surface area contributed by atoms with E-state index in [-0.39, 0.29) is 5.56 Å². The summed E-state index contributed by atoms with van der Waals surface area (Å²) in [6.45, 7) is 1.04. The third-order valence-corrected chi connectivity index (χ3v) is 3.06. The molecule has 1 N–H and O–H groups in total. The van der Waals surface area contributed by atoms with Gasteiger partial charge in [-0.15, -0.1) is 0 Å². The highest BCUT2D eigenvalue weighted by molar-refractivity contribution is 5.96. The number of carbonyl (C=O) groups is 2. The molecule has 6 heteroatoms. The Labute approximate surface area is 132 Å². The number of hydrogen-bond acceptors (Lipinski definition) is 4. The van der Waals surface area contributed by atoms with Crippen LogP contribution in [0.1, 0.15) is 21.5 Å². The van der Waals surface area contributed by atoms with Gasteiger partial charge in [-0.05, 0) is 36.8 Å². The summed E-state index contributed by atoms with van der Waals surface area (Å²) in [6.07, 6.45) is 0. The number of nitrogens with one attached hydrogen (secondary N) is 1. The number of benzene rings is 2. The Morgan fingerprint density at radius 2 is 2.00 bits per heavy atom. The van der Waals surface area contributed by atoms with Crippen LogP contribution in [0.4, 0.5) is 10.1 Å². The van der Waals surface area contributed by atoms with Crippen molar-refractivity contribution in [3.05, 3.63) is 65.0 Å². The average molecular weight is 312 g/mol. The molecule has 23 heavy (non-hydrogen) atoms. The van der Waals surface area contributed by atoms with Crippen molar-refractivity contribution in [2.45, 2.75) is 6.92 Å². The summed E-state index contributed by atoms with van der Waals surface area (Å²) in [5, 5.41) is 11.4. The number of ether oxygens (including phenoxy) is 1. The highest BCUT2D eigenvalue weighted by Gasteiger charge is 2.13. The van der Waals surface area contributed by atoms with Gasteiger partial charge in [0.05, 0.1) is 16.8 Å². The number of rotatable bonds is 4. The second-order valence-corrected chi connectivity index (χ2v) is 4.75. The first-order valence-electron chi connectivity index (χ1n) is 6.73. The van der Waals surface area contributed by atoms with E-state index in [1.807, 2.05) is 6.07 Å². The summed E-state index contributed by atoms with van der Waals surface area (Å²) in [6, 6.07) is 12.3. The van der Waals surface area contributed by atoms with Crippen LogP contribution < -0.4 is 5.32 Å². The number of amides is 1. The van der Waals surface area contributed by atoms with Crippen LogP contribution in [0.15, 0.2) is 42.5 Å². The lowest BCUT2D eigenvalue weighted by Crippen LogP contribution is -2.21. The maximum absolute atomic E-state index is 13.4. The zero-order valence-electron chi connectivity index (χ0n) is 12.3. The monoisotopic (exact) mass is 312 g/mol. The second-order valence-electron chi connectivity index (χ2n) is 4.75. The Balaban J connectivity index is 1.95. The average Bonchev–Trinajstić information content (AvgIpc) is 2.55. The lowest BCUT2D eigenvalue weighted by Gasteiger charge is -2.08. The van der Waals surface area contributed by atoms with Crippen LogP contribution in [0.2, 0.25) is 0 Å². The molecule has 0 aliphatic heterocycles. The molecule has 2 aromatic carbocycles. The number of nitriles is 1. The van der Waals surface area contributed by atoms with E-state index in [0.717, 1.165) is 6.07 Å². The molecule has 0 aromatic heterocycles. The molecule has 0 bridgehead atoms. The van der Waals surface area contributed by atoms with Crippen molar-refractivity contribution in [2.24, 2.45) is 0 Å². The topological polar surface area (TPSA) is 79.2 Å². The van der Waals surface area contributed by atoms with Crippen molar-refractivity contribution in [3.8, 4) is 6.07 Å². The molecule has 0 aliphatic carbocycles. The molecule has 1 amide bonds. The van der Waals surface area contributed by atoms with Gasteiger partial charge >= 0.3 is 5.97 Å². The van der Waals surface area contributed by atoms with Crippen LogP contribution in [-0.2, 0) is 9.53 Å². The van der Waals surface area contributed by atoms with Gasteiger partial charge in [0.2, 0.25) is 0 Å². The molecule has 0 saturated carbocycles. The Hall–Kier alpha value is -3.20. The molecule has 2 aromatic rings. The van der Waals surface area contributed by atoms with E-state index >= 15 is 0 Å². The van der Waals surface area contributed by atoms with Gasteiger partial charge in [-0.1, -0.05) is 18.2 Å². The van der Waals surface area contributed by atoms with Crippen LogP contribution in [0.5, 0.6) is 0 Å². The zero-order chi connectivity index (χ0) is 16.8. The summed E-state index contributed by atoms with van der Waals surface area (Å²) in [7, 11) is 0. The van der Waals surface area contributed by atoms with Gasteiger partial charge in [0.25, 0.3) is 5.91 Å². The fraction of sp³-hybridized carbons (Fsp3) is 0.118. The van der Waals surface area contributed by atoms with Crippen LogP contribution in [-0.4, -0.2) is 18.5 Å². The third kappa shape index (κ3) is 4.14. The van der Waals surface area contributed by atoms with E-state index in [1.54, 1.807) is 31.2 Å². The largest absolute Gasteiger partial charge is 0.452 e. The molecule has 0 spiro atoms. The van der Waals surface area contributed by atoms with Crippen molar-refractivity contribution < 1.29 is 18.7 Å². The zero-order valence-corrected chi connectivity index (χ0v) is 12.3. The minimum absolute atomic E-state index is 0.0262. The number of halogens is 1. The number of esters is 1. The fourth-order valence-corrected chi connectivity index (χ4v) is 1.81. The van der Waals surface area contributed by atoms with Gasteiger partial charge in [-0.2, -0.15) is 5.26 Å². The summed E-state index contributed by atoms with van der Waals surface area (Å²) in [4.78, 5) is 23.5. The highest BCUT2D eigenvalue weighted by Crippen LogP contribution is 2.13. The van der Waals surface area contributed by atoms with Gasteiger partial charge in [0, 0.05) is 0 Å². The summed E-state index contributed by atoms with van der Waals surface area (Å²) >= 11 is 0. The Kier molecular flexibility index (Phi) is 5.05. The van der Waals surface area contributed by atoms with E-state index in [0.29, 0.717) is 16.8 Å². The van der Waals surface area contributed by atoms with Gasteiger partial charge in [-0.3, -0.25) is 4.79 Å². The number of para-hydroxylation sites is 1. The molecule has 116 valence electrons. The molecule has 0 radical (unpaired) electrons. The van der Waals surface area contributed by atoms with Gasteiger partial charge in [0.1, 0.15) is 11.9 Å². The number of nitrogens with zero attached hydrogens (tertiary/aromatic N) is 1. The normalized spacial score (nSPS) is 9.78. The first-order chi connectivity index (χ1) is 11.0. The Morgan fingerprint density at radius 1 is 1.26 bits per heavy atom. The molecule has 2 rings (SSSR count). The molecule has 0 saturated heterocycles. The summed E-state index contributed by atoms with van der Waals surface area (Å²) in [5.74, 6) is -1.91. The molecule has 0 atom stereocenters. The smallest absolute Gasteiger partial charge is 0.338 e. The van der Waals surface area contributed by atoms with Crippen molar-refractivity contribution in [1.29, 1.82) is 5.26 Å².